The standard InChI is InChI=1S/C13H24N2O2/c1-10(16)5-6-13(17)14-11-7-9-15-8-3-2-4-12(11)15/h10-12,16H,2-9H2,1H3,(H,14,17). The molecule has 3 atom stereocenters. The minimum Gasteiger partial charge on any atom is -0.393 e. The zero-order chi connectivity index (χ0) is 12.3. The van der Waals surface area contributed by atoms with E-state index in [1.807, 2.05) is 0 Å². The van der Waals surface area contributed by atoms with Gasteiger partial charge in [0.1, 0.15) is 0 Å². The SMILES string of the molecule is CC(O)CCC(=O)NC1CCN2CCCCC12. The van der Waals surface area contributed by atoms with Crippen molar-refractivity contribution in [1.82, 2.24) is 10.2 Å². The molecule has 2 N–H and O–H groups in total. The summed E-state index contributed by atoms with van der Waals surface area (Å²) in [6.07, 6.45) is 5.54. The van der Waals surface area contributed by atoms with Crippen LogP contribution in [0.1, 0.15) is 45.4 Å². The van der Waals surface area contributed by atoms with Gasteiger partial charge >= 0.3 is 0 Å². The van der Waals surface area contributed by atoms with Crippen LogP contribution in [0.15, 0.2) is 0 Å². The molecular weight excluding hydrogens is 216 g/mol. The van der Waals surface area contributed by atoms with E-state index in [2.05, 4.69) is 10.2 Å². The summed E-state index contributed by atoms with van der Waals surface area (Å²) in [7, 11) is 0. The smallest absolute Gasteiger partial charge is 0.220 e. The summed E-state index contributed by atoms with van der Waals surface area (Å²) in [6.45, 7) is 4.06. The number of rotatable bonds is 4. The number of piperidine rings is 1. The van der Waals surface area contributed by atoms with Crippen LogP contribution in [0.4, 0.5) is 0 Å². The fourth-order valence-electron chi connectivity index (χ4n) is 3.03. The molecule has 17 heavy (non-hydrogen) atoms. The Labute approximate surface area is 103 Å². The van der Waals surface area contributed by atoms with Gasteiger partial charge in [-0.15, -0.1) is 0 Å². The van der Waals surface area contributed by atoms with Gasteiger partial charge in [-0.05, 0) is 39.2 Å². The van der Waals surface area contributed by atoms with E-state index in [1.165, 1.54) is 25.8 Å². The van der Waals surface area contributed by atoms with E-state index in [9.17, 15) is 4.79 Å². The quantitative estimate of drug-likeness (QED) is 0.767. The highest BCUT2D eigenvalue weighted by Crippen LogP contribution is 2.27. The summed E-state index contributed by atoms with van der Waals surface area (Å²) >= 11 is 0. The van der Waals surface area contributed by atoms with Crippen LogP contribution in [0.3, 0.4) is 0 Å². The third-order valence-corrected chi connectivity index (χ3v) is 3.99. The number of carbonyl (C=O) groups is 1. The normalized spacial score (nSPS) is 30.9. The molecule has 2 rings (SSSR count). The van der Waals surface area contributed by atoms with Gasteiger partial charge in [-0.25, -0.2) is 0 Å². The topological polar surface area (TPSA) is 52.6 Å². The van der Waals surface area contributed by atoms with E-state index in [0.29, 0.717) is 24.9 Å². The Balaban J connectivity index is 1.77. The Bertz CT molecular complexity index is 268. The van der Waals surface area contributed by atoms with Crippen molar-refractivity contribution in [2.75, 3.05) is 13.1 Å². The summed E-state index contributed by atoms with van der Waals surface area (Å²) in [5, 5.41) is 12.3. The van der Waals surface area contributed by atoms with Crippen LogP contribution in [0.5, 0.6) is 0 Å². The van der Waals surface area contributed by atoms with Gasteiger partial charge < -0.3 is 10.4 Å². The van der Waals surface area contributed by atoms with E-state index in [4.69, 9.17) is 5.11 Å². The minimum atomic E-state index is -0.379. The molecule has 2 aliphatic rings. The molecule has 0 aromatic heterocycles. The molecule has 3 unspecified atom stereocenters. The number of aliphatic hydroxyl groups excluding tert-OH is 1. The number of aliphatic hydroxyl groups is 1. The molecule has 2 saturated heterocycles. The number of nitrogens with zero attached hydrogens (tertiary/aromatic N) is 1. The molecule has 2 heterocycles. The van der Waals surface area contributed by atoms with E-state index in [0.717, 1.165) is 13.0 Å². The molecule has 0 aromatic carbocycles. The lowest BCUT2D eigenvalue weighted by molar-refractivity contribution is -0.122. The molecule has 1 amide bonds. The van der Waals surface area contributed by atoms with Crippen LogP contribution in [-0.2, 0) is 4.79 Å². The van der Waals surface area contributed by atoms with Crippen molar-refractivity contribution in [3.05, 3.63) is 0 Å². The molecule has 98 valence electrons. The Morgan fingerprint density at radius 2 is 2.24 bits per heavy atom. The van der Waals surface area contributed by atoms with Gasteiger partial charge in [-0.2, -0.15) is 0 Å². The van der Waals surface area contributed by atoms with Crippen molar-refractivity contribution in [2.45, 2.75) is 63.6 Å². The van der Waals surface area contributed by atoms with Crippen LogP contribution in [0.25, 0.3) is 0 Å². The highest BCUT2D eigenvalue weighted by molar-refractivity contribution is 5.76. The maximum atomic E-state index is 11.7. The summed E-state index contributed by atoms with van der Waals surface area (Å²) in [4.78, 5) is 14.3. The monoisotopic (exact) mass is 240 g/mol. The molecule has 2 fully saturated rings. The predicted octanol–water partition coefficient (Wildman–Crippen LogP) is 0.890. The van der Waals surface area contributed by atoms with Crippen LogP contribution >= 0.6 is 0 Å². The van der Waals surface area contributed by atoms with Gasteiger partial charge in [-0.3, -0.25) is 9.69 Å². The van der Waals surface area contributed by atoms with Crippen LogP contribution in [-0.4, -0.2) is 47.2 Å². The van der Waals surface area contributed by atoms with Crippen molar-refractivity contribution < 1.29 is 9.90 Å². The number of carbonyl (C=O) groups excluding carboxylic acids is 1. The van der Waals surface area contributed by atoms with E-state index in [1.54, 1.807) is 6.92 Å². The van der Waals surface area contributed by atoms with Gasteiger partial charge in [0.15, 0.2) is 0 Å². The highest BCUT2D eigenvalue weighted by atomic mass is 16.3. The summed E-state index contributed by atoms with van der Waals surface area (Å²) in [5.41, 5.74) is 0. The molecule has 4 heteroatoms. The largest absolute Gasteiger partial charge is 0.393 e. The van der Waals surface area contributed by atoms with Crippen molar-refractivity contribution >= 4 is 5.91 Å². The summed E-state index contributed by atoms with van der Waals surface area (Å²) in [6, 6.07) is 0.913. The first-order chi connectivity index (χ1) is 8.16. The predicted molar refractivity (Wildman–Crippen MR) is 66.7 cm³/mol. The lowest BCUT2D eigenvalue weighted by Gasteiger charge is -2.32. The number of amides is 1. The average molecular weight is 240 g/mol. The van der Waals surface area contributed by atoms with Crippen LogP contribution in [0.2, 0.25) is 0 Å². The number of nitrogens with one attached hydrogen (secondary N) is 1. The maximum absolute atomic E-state index is 11.7. The molecule has 0 aromatic rings. The number of fused-ring (bicyclic) bond motifs is 1. The van der Waals surface area contributed by atoms with Crippen LogP contribution in [0, 0.1) is 0 Å². The second kappa shape index (κ2) is 5.83. The number of hydrogen-bond acceptors (Lipinski definition) is 3. The fraction of sp³-hybridized carbons (Fsp3) is 0.923. The second-order valence-corrected chi connectivity index (χ2v) is 5.45. The first kappa shape index (κ1) is 12.8. The highest BCUT2D eigenvalue weighted by Gasteiger charge is 2.35. The molecular formula is C13H24N2O2. The lowest BCUT2D eigenvalue weighted by Crippen LogP contribution is -2.46. The molecule has 0 aliphatic carbocycles. The van der Waals surface area contributed by atoms with Gasteiger partial charge in [0.2, 0.25) is 5.91 Å². The van der Waals surface area contributed by atoms with Crippen molar-refractivity contribution in [1.29, 1.82) is 0 Å². The average Bonchev–Trinajstić information content (AvgIpc) is 2.70. The second-order valence-electron chi connectivity index (χ2n) is 5.45. The Kier molecular flexibility index (Phi) is 4.40. The zero-order valence-corrected chi connectivity index (χ0v) is 10.7. The van der Waals surface area contributed by atoms with Gasteiger partial charge in [-0.1, -0.05) is 6.42 Å². The van der Waals surface area contributed by atoms with Crippen molar-refractivity contribution in [2.24, 2.45) is 0 Å². The first-order valence-corrected chi connectivity index (χ1v) is 6.88. The fourth-order valence-corrected chi connectivity index (χ4v) is 3.03. The molecule has 0 saturated carbocycles. The van der Waals surface area contributed by atoms with Crippen molar-refractivity contribution in [3.8, 4) is 0 Å². The molecule has 0 radical (unpaired) electrons. The number of hydrogen-bond donors (Lipinski definition) is 2. The minimum absolute atomic E-state index is 0.100. The summed E-state index contributed by atoms with van der Waals surface area (Å²) in [5.74, 6) is 0.100. The molecule has 0 spiro atoms. The molecule has 2 aliphatic heterocycles. The van der Waals surface area contributed by atoms with E-state index in [-0.39, 0.29) is 12.0 Å². The van der Waals surface area contributed by atoms with Gasteiger partial charge in [0, 0.05) is 25.0 Å². The first-order valence-electron chi connectivity index (χ1n) is 6.88. The Morgan fingerprint density at radius 1 is 1.41 bits per heavy atom. The van der Waals surface area contributed by atoms with E-state index >= 15 is 0 Å². The zero-order valence-electron chi connectivity index (χ0n) is 10.7. The molecule has 0 bridgehead atoms. The van der Waals surface area contributed by atoms with Gasteiger partial charge in [0.25, 0.3) is 0 Å². The third kappa shape index (κ3) is 3.42. The summed E-state index contributed by atoms with van der Waals surface area (Å²) < 4.78 is 0. The lowest BCUT2D eigenvalue weighted by atomic mass is 9.99. The van der Waals surface area contributed by atoms with E-state index < -0.39 is 0 Å². The Morgan fingerprint density at radius 3 is 3.00 bits per heavy atom. The van der Waals surface area contributed by atoms with Crippen molar-refractivity contribution in [3.63, 3.8) is 0 Å². The third-order valence-electron chi connectivity index (χ3n) is 3.99. The van der Waals surface area contributed by atoms with Crippen LogP contribution < -0.4 is 5.32 Å². The Hall–Kier alpha value is -0.610. The van der Waals surface area contributed by atoms with Gasteiger partial charge in [0.05, 0.1) is 6.10 Å². The maximum Gasteiger partial charge on any atom is 0.220 e. The molecule has 4 nitrogen and oxygen atoms in total.